The highest BCUT2D eigenvalue weighted by Gasteiger charge is 2.52. The fraction of sp³-hybridized carbons (Fsp3) is 0.200. The van der Waals surface area contributed by atoms with Gasteiger partial charge in [0.15, 0.2) is 0 Å². The number of hydrogen-bond donors (Lipinski definition) is 0. The zero-order chi connectivity index (χ0) is 36.7. The van der Waals surface area contributed by atoms with Gasteiger partial charge in [0.05, 0.1) is 17.1 Å². The molecule has 0 bridgehead atoms. The fourth-order valence-electron chi connectivity index (χ4n) is 8.48. The van der Waals surface area contributed by atoms with Crippen molar-refractivity contribution in [2.24, 2.45) is 12.5 Å². The SMILES string of the molecule is Cn1cc(-c2nn(C(c3ccccc3)(c3ccccc3)c3ccccc3)c3ccc(N4CCC5(CCN(C(=O)OCc6ccccc6)C5)C4=O)cc23)cn1. The lowest BCUT2D eigenvalue weighted by atomic mass is 9.77. The van der Waals surface area contributed by atoms with E-state index in [4.69, 9.17) is 9.84 Å². The Morgan fingerprint density at radius 3 is 1.96 bits per heavy atom. The predicted octanol–water partition coefficient (Wildman–Crippen LogP) is 8.04. The van der Waals surface area contributed by atoms with E-state index >= 15 is 0 Å². The standard InChI is InChI=1S/C45H40N6O3/c1-48-30-34(29-46-48)41-39-28-38(50-27-25-44(42(50)52)24-26-49(32-44)43(53)54-31-33-14-6-2-7-15-33)22-23-40(39)51(47-41)45(35-16-8-3-9-17-35,36-18-10-4-11-19-36)37-20-12-5-13-21-37/h2-23,28-30H,24-27,31-32H2,1H3. The molecular weight excluding hydrogens is 673 g/mol. The smallest absolute Gasteiger partial charge is 0.410 e. The molecule has 9 nitrogen and oxygen atoms in total. The molecular formula is C45H40N6O3. The van der Waals surface area contributed by atoms with Crippen LogP contribution in [-0.2, 0) is 28.7 Å². The highest BCUT2D eigenvalue weighted by Crippen LogP contribution is 2.46. The highest BCUT2D eigenvalue weighted by molar-refractivity contribution is 6.04. The van der Waals surface area contributed by atoms with Crippen LogP contribution >= 0.6 is 0 Å². The van der Waals surface area contributed by atoms with Gasteiger partial charge < -0.3 is 14.5 Å². The molecule has 2 aromatic heterocycles. The number of fused-ring (bicyclic) bond motifs is 1. The summed E-state index contributed by atoms with van der Waals surface area (Å²) in [6.45, 7) is 1.61. The fourth-order valence-corrected chi connectivity index (χ4v) is 8.48. The van der Waals surface area contributed by atoms with Crippen molar-refractivity contribution >= 4 is 28.6 Å². The average molecular weight is 713 g/mol. The van der Waals surface area contributed by atoms with Gasteiger partial charge in [0, 0.05) is 49.5 Å². The van der Waals surface area contributed by atoms with Crippen molar-refractivity contribution in [2.45, 2.75) is 25.0 Å². The van der Waals surface area contributed by atoms with Crippen molar-refractivity contribution in [3.05, 3.63) is 174 Å². The second-order valence-electron chi connectivity index (χ2n) is 14.4. The molecule has 0 aliphatic carbocycles. The third kappa shape index (κ3) is 5.55. The molecule has 0 radical (unpaired) electrons. The highest BCUT2D eigenvalue weighted by atomic mass is 16.6. The maximum atomic E-state index is 14.4. The number of rotatable bonds is 8. The van der Waals surface area contributed by atoms with Crippen LogP contribution in [0.3, 0.4) is 0 Å². The number of amides is 2. The molecule has 54 heavy (non-hydrogen) atoms. The Bertz CT molecular complexity index is 2350. The van der Waals surface area contributed by atoms with Gasteiger partial charge in [-0.25, -0.2) is 9.48 Å². The van der Waals surface area contributed by atoms with Crippen molar-refractivity contribution in [2.75, 3.05) is 24.5 Å². The second-order valence-corrected chi connectivity index (χ2v) is 14.4. The van der Waals surface area contributed by atoms with E-state index in [0.29, 0.717) is 32.5 Å². The Balaban J connectivity index is 1.13. The first kappa shape index (κ1) is 33.4. The molecule has 1 unspecified atom stereocenters. The maximum Gasteiger partial charge on any atom is 0.410 e. The van der Waals surface area contributed by atoms with Crippen LogP contribution in [0.4, 0.5) is 10.5 Å². The summed E-state index contributed by atoms with van der Waals surface area (Å²) >= 11 is 0. The number of benzene rings is 5. The Morgan fingerprint density at radius 2 is 1.37 bits per heavy atom. The first-order chi connectivity index (χ1) is 26.5. The number of likely N-dealkylation sites (tertiary alicyclic amines) is 1. The molecule has 2 fully saturated rings. The van der Waals surface area contributed by atoms with E-state index in [1.807, 2.05) is 78.9 Å². The molecule has 0 N–H and O–H groups in total. The Hall–Kier alpha value is -6.48. The van der Waals surface area contributed by atoms with Gasteiger partial charge in [-0.1, -0.05) is 121 Å². The molecule has 0 saturated carbocycles. The molecule has 2 saturated heterocycles. The molecule has 1 atom stereocenters. The van der Waals surface area contributed by atoms with E-state index < -0.39 is 11.0 Å². The van der Waals surface area contributed by atoms with E-state index in [1.54, 1.807) is 9.58 Å². The summed E-state index contributed by atoms with van der Waals surface area (Å²) in [6, 6.07) is 47.4. The minimum atomic E-state index is -0.833. The van der Waals surface area contributed by atoms with Crippen LogP contribution in [-0.4, -0.2) is 56.1 Å². The van der Waals surface area contributed by atoms with E-state index in [0.717, 1.165) is 50.1 Å². The summed E-state index contributed by atoms with van der Waals surface area (Å²) in [5.74, 6) is 0.0442. The number of aromatic nitrogens is 4. The molecule has 2 aliphatic heterocycles. The van der Waals surface area contributed by atoms with E-state index in [9.17, 15) is 9.59 Å². The first-order valence-corrected chi connectivity index (χ1v) is 18.4. The van der Waals surface area contributed by atoms with Crippen LogP contribution in [0, 0.1) is 5.41 Å². The minimum Gasteiger partial charge on any atom is -0.445 e. The van der Waals surface area contributed by atoms with Crippen molar-refractivity contribution in [3.63, 3.8) is 0 Å². The lowest BCUT2D eigenvalue weighted by Gasteiger charge is -2.37. The topological polar surface area (TPSA) is 85.5 Å². The van der Waals surface area contributed by atoms with Gasteiger partial charge in [-0.15, -0.1) is 0 Å². The molecule has 7 aromatic rings. The maximum absolute atomic E-state index is 14.4. The number of anilines is 1. The summed E-state index contributed by atoms with van der Waals surface area (Å²) in [6.07, 6.45) is 4.72. The van der Waals surface area contributed by atoms with Crippen LogP contribution in [0.5, 0.6) is 0 Å². The lowest BCUT2D eigenvalue weighted by Crippen LogP contribution is -2.39. The van der Waals surface area contributed by atoms with Crippen LogP contribution in [0.1, 0.15) is 35.1 Å². The number of nitrogens with zero attached hydrogens (tertiary/aromatic N) is 6. The first-order valence-electron chi connectivity index (χ1n) is 18.4. The van der Waals surface area contributed by atoms with Crippen molar-refractivity contribution in [3.8, 4) is 11.3 Å². The third-order valence-electron chi connectivity index (χ3n) is 11.2. The predicted molar refractivity (Wildman–Crippen MR) is 209 cm³/mol. The molecule has 2 amide bonds. The summed E-state index contributed by atoms with van der Waals surface area (Å²) in [5, 5.41) is 10.9. The van der Waals surface area contributed by atoms with E-state index in [1.165, 1.54) is 0 Å². The minimum absolute atomic E-state index is 0.0442. The normalized spacial score (nSPS) is 17.2. The van der Waals surface area contributed by atoms with Gasteiger partial charge in [-0.05, 0) is 53.3 Å². The van der Waals surface area contributed by atoms with Crippen LogP contribution in [0.25, 0.3) is 22.2 Å². The molecule has 1 spiro atoms. The number of carbonyl (C=O) groups excluding carboxylic acids is 2. The van der Waals surface area contributed by atoms with Crippen molar-refractivity contribution in [1.82, 2.24) is 24.5 Å². The number of aryl methyl sites for hydroxylation is 1. The molecule has 9 rings (SSSR count). The van der Waals surface area contributed by atoms with Gasteiger partial charge in [-0.2, -0.15) is 10.2 Å². The zero-order valence-electron chi connectivity index (χ0n) is 30.1. The van der Waals surface area contributed by atoms with Crippen molar-refractivity contribution in [1.29, 1.82) is 0 Å². The largest absolute Gasteiger partial charge is 0.445 e. The molecule has 4 heterocycles. The molecule has 5 aromatic carbocycles. The second kappa shape index (κ2) is 13.5. The Kier molecular flexibility index (Phi) is 8.34. The van der Waals surface area contributed by atoms with E-state index in [-0.39, 0.29) is 18.6 Å². The Labute approximate surface area is 314 Å². The lowest BCUT2D eigenvalue weighted by molar-refractivity contribution is -0.124. The van der Waals surface area contributed by atoms with Crippen LogP contribution < -0.4 is 4.90 Å². The van der Waals surface area contributed by atoms with Gasteiger partial charge in [0.1, 0.15) is 17.8 Å². The van der Waals surface area contributed by atoms with Gasteiger partial charge in [-0.3, -0.25) is 9.48 Å². The van der Waals surface area contributed by atoms with Crippen LogP contribution in [0.2, 0.25) is 0 Å². The third-order valence-corrected chi connectivity index (χ3v) is 11.2. The zero-order valence-corrected chi connectivity index (χ0v) is 30.1. The van der Waals surface area contributed by atoms with E-state index in [2.05, 4.69) is 94.7 Å². The Morgan fingerprint density at radius 1 is 0.778 bits per heavy atom. The van der Waals surface area contributed by atoms with Gasteiger partial charge in [0.25, 0.3) is 0 Å². The monoisotopic (exact) mass is 712 g/mol. The quantitative estimate of drug-likeness (QED) is 0.149. The molecule has 2 aliphatic rings. The van der Waals surface area contributed by atoms with Crippen molar-refractivity contribution < 1.29 is 14.3 Å². The summed E-state index contributed by atoms with van der Waals surface area (Å²) in [4.78, 5) is 31.1. The van der Waals surface area contributed by atoms with Gasteiger partial charge in [0.2, 0.25) is 5.91 Å². The summed E-state index contributed by atoms with van der Waals surface area (Å²) < 4.78 is 9.57. The summed E-state index contributed by atoms with van der Waals surface area (Å²) in [5.41, 5.74) is 6.05. The summed E-state index contributed by atoms with van der Waals surface area (Å²) in [7, 11) is 1.90. The number of ether oxygens (including phenoxy) is 1. The number of hydrogen-bond acceptors (Lipinski definition) is 5. The molecule has 9 heteroatoms. The number of carbonyl (C=O) groups is 2. The van der Waals surface area contributed by atoms with Crippen LogP contribution in [0.15, 0.2) is 152 Å². The average Bonchev–Trinajstić information content (AvgIpc) is 4.02. The molecule has 268 valence electrons. The van der Waals surface area contributed by atoms with Gasteiger partial charge >= 0.3 is 6.09 Å².